The molecule has 1 N–H and O–H groups in total. The van der Waals surface area contributed by atoms with Crippen LogP contribution in [0.1, 0.15) is 6.42 Å². The number of carboxylic acids is 1. The maximum atomic E-state index is 10.9. The third-order valence-electron chi connectivity index (χ3n) is 1.26. The zero-order valence-electron chi connectivity index (χ0n) is 7.45. The fourth-order valence-electron chi connectivity index (χ4n) is 0.752. The monoisotopic (exact) mass is 193 g/mol. The molecule has 0 aliphatic rings. The van der Waals surface area contributed by atoms with Gasteiger partial charge in [-0.05, 0) is 27.1 Å². The van der Waals surface area contributed by atoms with Gasteiger partial charge in [0.1, 0.15) is 5.75 Å². The highest BCUT2D eigenvalue weighted by molar-refractivity contribution is 7.85. The van der Waals surface area contributed by atoms with Crippen molar-refractivity contribution in [1.29, 1.82) is 0 Å². The average Bonchev–Trinajstić information content (AvgIpc) is 1.84. The van der Waals surface area contributed by atoms with Gasteiger partial charge in [-0.15, -0.1) is 0 Å². The Labute approximate surface area is 75.0 Å². The summed E-state index contributed by atoms with van der Waals surface area (Å²) in [6.45, 7) is 0.853. The van der Waals surface area contributed by atoms with Crippen molar-refractivity contribution >= 4 is 16.8 Å². The SMILES string of the molecule is CN(C)CCCS(=O)CC(=O)O. The highest BCUT2D eigenvalue weighted by Gasteiger charge is 2.04. The summed E-state index contributed by atoms with van der Waals surface area (Å²) >= 11 is 0. The summed E-state index contributed by atoms with van der Waals surface area (Å²) in [4.78, 5) is 12.1. The fourth-order valence-corrected chi connectivity index (χ4v) is 1.62. The number of carbonyl (C=O) groups is 1. The summed E-state index contributed by atoms with van der Waals surface area (Å²) in [5.41, 5.74) is 0. The molecule has 0 radical (unpaired) electrons. The minimum Gasteiger partial charge on any atom is -0.481 e. The van der Waals surface area contributed by atoms with E-state index in [2.05, 4.69) is 0 Å². The van der Waals surface area contributed by atoms with Gasteiger partial charge in [0, 0.05) is 16.6 Å². The minimum atomic E-state index is -1.19. The second-order valence-electron chi connectivity index (χ2n) is 2.84. The van der Waals surface area contributed by atoms with Gasteiger partial charge < -0.3 is 10.0 Å². The molecule has 0 saturated heterocycles. The van der Waals surface area contributed by atoms with Crippen molar-refractivity contribution < 1.29 is 14.1 Å². The summed E-state index contributed by atoms with van der Waals surface area (Å²) in [6, 6.07) is 0. The minimum absolute atomic E-state index is 0.229. The summed E-state index contributed by atoms with van der Waals surface area (Å²) in [7, 11) is 2.67. The Morgan fingerprint density at radius 3 is 2.50 bits per heavy atom. The van der Waals surface area contributed by atoms with Crippen LogP contribution in [-0.2, 0) is 15.6 Å². The lowest BCUT2D eigenvalue weighted by Crippen LogP contribution is -2.18. The molecule has 1 unspecified atom stereocenters. The zero-order valence-corrected chi connectivity index (χ0v) is 8.26. The van der Waals surface area contributed by atoms with Crippen LogP contribution in [0, 0.1) is 0 Å². The van der Waals surface area contributed by atoms with Gasteiger partial charge >= 0.3 is 5.97 Å². The number of carboxylic acid groups (broad SMARTS) is 1. The molecule has 0 saturated carbocycles. The first-order valence-corrected chi connectivity index (χ1v) is 5.22. The third kappa shape index (κ3) is 7.68. The highest BCUT2D eigenvalue weighted by Crippen LogP contribution is 1.89. The molecule has 0 aliphatic carbocycles. The Morgan fingerprint density at radius 1 is 1.50 bits per heavy atom. The maximum Gasteiger partial charge on any atom is 0.316 e. The molecule has 0 bridgehead atoms. The van der Waals surface area contributed by atoms with Gasteiger partial charge in [0.05, 0.1) is 0 Å². The lowest BCUT2D eigenvalue weighted by atomic mass is 10.5. The molecular weight excluding hydrogens is 178 g/mol. The molecule has 0 aliphatic heterocycles. The number of hydrogen-bond donors (Lipinski definition) is 1. The summed E-state index contributed by atoms with van der Waals surface area (Å²) in [5, 5.41) is 8.29. The van der Waals surface area contributed by atoms with Crippen molar-refractivity contribution in [1.82, 2.24) is 4.90 Å². The van der Waals surface area contributed by atoms with Crippen LogP contribution in [0.15, 0.2) is 0 Å². The number of aliphatic carboxylic acids is 1. The fraction of sp³-hybridized carbons (Fsp3) is 0.857. The lowest BCUT2D eigenvalue weighted by Gasteiger charge is -2.07. The van der Waals surface area contributed by atoms with Crippen LogP contribution in [0.5, 0.6) is 0 Å². The predicted octanol–water partition coefficient (Wildman–Crippen LogP) is -0.229. The molecule has 0 aromatic heterocycles. The Bertz CT molecular complexity index is 170. The molecule has 1 atom stereocenters. The first kappa shape index (κ1) is 11.6. The second-order valence-corrected chi connectivity index (χ2v) is 4.42. The van der Waals surface area contributed by atoms with Gasteiger partial charge in [-0.1, -0.05) is 0 Å². The van der Waals surface area contributed by atoms with E-state index in [1.165, 1.54) is 0 Å². The van der Waals surface area contributed by atoms with Gasteiger partial charge in [0.2, 0.25) is 0 Å². The van der Waals surface area contributed by atoms with Gasteiger partial charge in [-0.3, -0.25) is 9.00 Å². The van der Waals surface area contributed by atoms with E-state index in [0.29, 0.717) is 5.75 Å². The van der Waals surface area contributed by atoms with Crippen LogP contribution in [-0.4, -0.2) is 52.3 Å². The molecule has 12 heavy (non-hydrogen) atoms. The normalized spacial score (nSPS) is 13.2. The van der Waals surface area contributed by atoms with Gasteiger partial charge in [-0.2, -0.15) is 0 Å². The van der Waals surface area contributed by atoms with Gasteiger partial charge in [0.15, 0.2) is 0 Å². The number of nitrogens with zero attached hydrogens (tertiary/aromatic N) is 1. The number of hydrogen-bond acceptors (Lipinski definition) is 3. The maximum absolute atomic E-state index is 10.9. The van der Waals surface area contributed by atoms with E-state index in [4.69, 9.17) is 5.11 Å². The summed E-state index contributed by atoms with van der Waals surface area (Å²) in [5.74, 6) is -0.740. The largest absolute Gasteiger partial charge is 0.481 e. The molecule has 72 valence electrons. The molecule has 0 aromatic rings. The Hall–Kier alpha value is -0.420. The first-order valence-electron chi connectivity index (χ1n) is 3.74. The third-order valence-corrected chi connectivity index (χ3v) is 2.57. The molecule has 0 rings (SSSR count). The van der Waals surface area contributed by atoms with Crippen molar-refractivity contribution in [3.8, 4) is 0 Å². The van der Waals surface area contributed by atoms with E-state index in [1.807, 2.05) is 19.0 Å². The summed E-state index contributed by atoms with van der Waals surface area (Å²) < 4.78 is 10.9. The van der Waals surface area contributed by atoms with Crippen LogP contribution in [0.2, 0.25) is 0 Å². The molecule has 0 amide bonds. The Kier molecular flexibility index (Phi) is 5.92. The van der Waals surface area contributed by atoms with E-state index < -0.39 is 16.8 Å². The van der Waals surface area contributed by atoms with Crippen LogP contribution < -0.4 is 0 Å². The van der Waals surface area contributed by atoms with Crippen molar-refractivity contribution in [2.75, 3.05) is 32.1 Å². The molecule has 0 aromatic carbocycles. The van der Waals surface area contributed by atoms with Crippen LogP contribution in [0.4, 0.5) is 0 Å². The highest BCUT2D eigenvalue weighted by atomic mass is 32.2. The molecule has 0 spiro atoms. The zero-order chi connectivity index (χ0) is 9.56. The van der Waals surface area contributed by atoms with Crippen LogP contribution in [0.3, 0.4) is 0 Å². The van der Waals surface area contributed by atoms with E-state index in [-0.39, 0.29) is 5.75 Å². The quantitative estimate of drug-likeness (QED) is 0.633. The molecule has 5 heteroatoms. The van der Waals surface area contributed by atoms with Crippen molar-refractivity contribution in [3.05, 3.63) is 0 Å². The predicted molar refractivity (Wildman–Crippen MR) is 48.7 cm³/mol. The van der Waals surface area contributed by atoms with E-state index in [9.17, 15) is 9.00 Å². The van der Waals surface area contributed by atoms with Crippen molar-refractivity contribution in [3.63, 3.8) is 0 Å². The van der Waals surface area contributed by atoms with Gasteiger partial charge in [-0.25, -0.2) is 0 Å². The Balaban J connectivity index is 3.38. The standard InChI is InChI=1S/C7H15NO3S/c1-8(2)4-3-5-12(11)6-7(9)10/h3-6H2,1-2H3,(H,9,10). The van der Waals surface area contributed by atoms with Gasteiger partial charge in [0.25, 0.3) is 0 Å². The Morgan fingerprint density at radius 2 is 2.08 bits per heavy atom. The molecule has 0 fully saturated rings. The molecular formula is C7H15NO3S. The lowest BCUT2D eigenvalue weighted by molar-refractivity contribution is -0.133. The van der Waals surface area contributed by atoms with E-state index in [1.54, 1.807) is 0 Å². The number of rotatable bonds is 6. The smallest absolute Gasteiger partial charge is 0.316 e. The average molecular weight is 193 g/mol. The topological polar surface area (TPSA) is 57.6 Å². The summed E-state index contributed by atoms with van der Waals surface area (Å²) in [6.07, 6.45) is 0.785. The van der Waals surface area contributed by atoms with Crippen LogP contribution in [0.25, 0.3) is 0 Å². The van der Waals surface area contributed by atoms with Crippen molar-refractivity contribution in [2.45, 2.75) is 6.42 Å². The van der Waals surface area contributed by atoms with Crippen LogP contribution >= 0.6 is 0 Å². The molecule has 0 heterocycles. The van der Waals surface area contributed by atoms with E-state index >= 15 is 0 Å². The molecule has 4 nitrogen and oxygen atoms in total. The van der Waals surface area contributed by atoms with E-state index in [0.717, 1.165) is 13.0 Å². The van der Waals surface area contributed by atoms with Crippen molar-refractivity contribution in [2.24, 2.45) is 0 Å². The first-order chi connectivity index (χ1) is 5.52. The second kappa shape index (κ2) is 6.14.